The summed E-state index contributed by atoms with van der Waals surface area (Å²) in [5.74, 6) is -2.39. The number of ether oxygens (including phenoxy) is 1. The van der Waals surface area contributed by atoms with E-state index in [-0.39, 0.29) is 12.8 Å². The lowest BCUT2D eigenvalue weighted by molar-refractivity contribution is -0.139. The number of hydrogen-bond donors (Lipinski definition) is 3. The van der Waals surface area contributed by atoms with Crippen LogP contribution in [0.3, 0.4) is 0 Å². The molecule has 1 saturated heterocycles. The molecular weight excluding hydrogens is 400 g/mol. The Morgan fingerprint density at radius 3 is 0.968 bits per heavy atom. The molecule has 0 atom stereocenters. The highest BCUT2D eigenvalue weighted by molar-refractivity contribution is 5.68. The fraction of sp³-hybridized carbons (Fsp3) is 0.875. The van der Waals surface area contributed by atoms with Crippen LogP contribution in [0, 0.1) is 0 Å². The van der Waals surface area contributed by atoms with Gasteiger partial charge in [0, 0.05) is 19.3 Å². The molecule has 0 aromatic carbocycles. The van der Waals surface area contributed by atoms with Gasteiger partial charge in [0.25, 0.3) is 0 Å². The van der Waals surface area contributed by atoms with Gasteiger partial charge in [-0.15, -0.1) is 0 Å². The van der Waals surface area contributed by atoms with Gasteiger partial charge in [-0.1, -0.05) is 84.0 Å². The molecule has 0 saturated carbocycles. The molecule has 1 aliphatic rings. The van der Waals surface area contributed by atoms with Crippen molar-refractivity contribution in [2.24, 2.45) is 0 Å². The maximum absolute atomic E-state index is 10.3. The minimum atomic E-state index is -0.870. The lowest BCUT2D eigenvalue weighted by Gasteiger charge is -2.02. The zero-order valence-electron chi connectivity index (χ0n) is 19.6. The van der Waals surface area contributed by atoms with Crippen LogP contribution < -0.4 is 0 Å². The first-order chi connectivity index (χ1) is 14.9. The second-order valence-electron chi connectivity index (χ2n) is 7.99. The van der Waals surface area contributed by atoms with Crippen LogP contribution >= 0.6 is 0 Å². The van der Waals surface area contributed by atoms with E-state index in [2.05, 4.69) is 11.7 Å². The van der Waals surface area contributed by atoms with E-state index >= 15 is 0 Å². The topological polar surface area (TPSA) is 124 Å². The molecule has 184 valence electrons. The van der Waals surface area contributed by atoms with Gasteiger partial charge in [-0.3, -0.25) is 14.4 Å². The number of epoxide rings is 1. The summed E-state index contributed by atoms with van der Waals surface area (Å²) in [7, 11) is 0. The molecule has 1 rings (SSSR count). The Balaban J connectivity index is 0. The Hall–Kier alpha value is -1.63. The molecule has 0 amide bonds. The summed E-state index contributed by atoms with van der Waals surface area (Å²) in [6.45, 7) is 4.26. The third kappa shape index (κ3) is 43.2. The average molecular weight is 447 g/mol. The van der Waals surface area contributed by atoms with Crippen LogP contribution in [0.15, 0.2) is 0 Å². The molecule has 0 aromatic heterocycles. The van der Waals surface area contributed by atoms with Crippen LogP contribution in [0.2, 0.25) is 0 Å². The van der Waals surface area contributed by atoms with Crippen LogP contribution in [0.25, 0.3) is 0 Å². The average Bonchev–Trinajstić information content (AvgIpc) is 3.58. The highest BCUT2D eigenvalue weighted by atomic mass is 16.6. The molecule has 1 fully saturated rings. The fourth-order valence-electron chi connectivity index (χ4n) is 2.85. The van der Waals surface area contributed by atoms with E-state index in [9.17, 15) is 14.4 Å². The van der Waals surface area contributed by atoms with Crippen molar-refractivity contribution in [2.45, 2.75) is 122 Å². The Morgan fingerprint density at radius 1 is 0.516 bits per heavy atom. The summed E-state index contributed by atoms with van der Waals surface area (Å²) in [6, 6.07) is 0. The van der Waals surface area contributed by atoms with Gasteiger partial charge in [0.2, 0.25) is 0 Å². The van der Waals surface area contributed by atoms with E-state index in [0.29, 0.717) is 19.3 Å². The Labute approximate surface area is 188 Å². The van der Waals surface area contributed by atoms with Crippen LogP contribution in [0.5, 0.6) is 0 Å². The summed E-state index contributed by atoms with van der Waals surface area (Å²) >= 11 is 0. The van der Waals surface area contributed by atoms with E-state index in [0.717, 1.165) is 26.1 Å². The second-order valence-corrected chi connectivity index (χ2v) is 7.99. The lowest BCUT2D eigenvalue weighted by Crippen LogP contribution is -1.97. The summed E-state index contributed by atoms with van der Waals surface area (Å²) < 4.78 is 4.50. The Bertz CT molecular complexity index is 403. The monoisotopic (exact) mass is 446 g/mol. The van der Waals surface area contributed by atoms with Gasteiger partial charge in [0.05, 0.1) is 13.2 Å². The first-order valence-electron chi connectivity index (χ1n) is 12.1. The normalized spacial score (nSPS) is 11.5. The standard InChI is InChI=1S/C16H32O2.C6H10O4.C2H4O/c1-2-3-4-5-6-7-8-9-10-11-12-13-14-15-16(17)18;7-5(8)3-1-2-4-6(9)10;1-2-3-1/h2-15H2,1H3,(H,17,18);1-4H2,(H,7,8)(H,9,10);1-2H2. The summed E-state index contributed by atoms with van der Waals surface area (Å²) in [5, 5.41) is 24.8. The summed E-state index contributed by atoms with van der Waals surface area (Å²) in [5.41, 5.74) is 0. The molecule has 1 heterocycles. The zero-order valence-corrected chi connectivity index (χ0v) is 19.6. The minimum absolute atomic E-state index is 0.0628. The van der Waals surface area contributed by atoms with Gasteiger partial charge in [-0.2, -0.15) is 0 Å². The van der Waals surface area contributed by atoms with E-state index in [1.54, 1.807) is 0 Å². The molecular formula is C24H46O7. The highest BCUT2D eigenvalue weighted by Gasteiger charge is 1.99. The van der Waals surface area contributed by atoms with Gasteiger partial charge in [-0.25, -0.2) is 0 Å². The van der Waals surface area contributed by atoms with Gasteiger partial charge in [0.1, 0.15) is 0 Å². The SMILES string of the molecule is C1CO1.CCCCCCCCCCCCCCCC(=O)O.O=C(O)CCCCC(=O)O. The van der Waals surface area contributed by atoms with Crippen molar-refractivity contribution in [3.63, 3.8) is 0 Å². The fourth-order valence-corrected chi connectivity index (χ4v) is 2.85. The van der Waals surface area contributed by atoms with E-state index in [4.69, 9.17) is 15.3 Å². The van der Waals surface area contributed by atoms with Crippen molar-refractivity contribution in [3.8, 4) is 0 Å². The highest BCUT2D eigenvalue weighted by Crippen LogP contribution is 2.12. The summed E-state index contributed by atoms with van der Waals surface area (Å²) in [6.07, 6.45) is 18.3. The lowest BCUT2D eigenvalue weighted by atomic mass is 10.0. The molecule has 31 heavy (non-hydrogen) atoms. The molecule has 0 unspecified atom stereocenters. The van der Waals surface area contributed by atoms with Crippen molar-refractivity contribution < 1.29 is 34.4 Å². The number of hydrogen-bond acceptors (Lipinski definition) is 4. The molecule has 0 aliphatic carbocycles. The molecule has 7 nitrogen and oxygen atoms in total. The van der Waals surface area contributed by atoms with Gasteiger partial charge >= 0.3 is 17.9 Å². The quantitative estimate of drug-likeness (QED) is 0.157. The third-order valence-electron chi connectivity index (χ3n) is 4.73. The first kappa shape index (κ1) is 31.6. The number of aliphatic carboxylic acids is 3. The number of rotatable bonds is 19. The maximum atomic E-state index is 10.3. The van der Waals surface area contributed by atoms with Crippen molar-refractivity contribution in [3.05, 3.63) is 0 Å². The molecule has 0 aromatic rings. The Kier molecular flexibility index (Phi) is 26.9. The predicted molar refractivity (Wildman–Crippen MR) is 123 cm³/mol. The van der Waals surface area contributed by atoms with Crippen LogP contribution in [-0.4, -0.2) is 46.4 Å². The van der Waals surface area contributed by atoms with Crippen LogP contribution in [0.4, 0.5) is 0 Å². The van der Waals surface area contributed by atoms with E-state index < -0.39 is 17.9 Å². The van der Waals surface area contributed by atoms with E-state index in [1.807, 2.05) is 0 Å². The maximum Gasteiger partial charge on any atom is 0.303 e. The Morgan fingerprint density at radius 2 is 0.742 bits per heavy atom. The number of carboxylic acids is 3. The number of carbonyl (C=O) groups is 3. The van der Waals surface area contributed by atoms with Gasteiger partial charge in [0.15, 0.2) is 0 Å². The largest absolute Gasteiger partial charge is 0.481 e. The van der Waals surface area contributed by atoms with Crippen LogP contribution in [-0.2, 0) is 19.1 Å². The number of carboxylic acid groups (broad SMARTS) is 3. The second kappa shape index (κ2) is 26.4. The molecule has 1 aliphatic heterocycles. The van der Waals surface area contributed by atoms with Crippen molar-refractivity contribution in [1.82, 2.24) is 0 Å². The molecule has 3 N–H and O–H groups in total. The predicted octanol–water partition coefficient (Wildman–Crippen LogP) is 6.28. The summed E-state index contributed by atoms with van der Waals surface area (Å²) in [4.78, 5) is 30.1. The van der Waals surface area contributed by atoms with E-state index in [1.165, 1.54) is 70.6 Å². The number of unbranched alkanes of at least 4 members (excludes halogenated alkanes) is 13. The van der Waals surface area contributed by atoms with Crippen molar-refractivity contribution in [2.75, 3.05) is 13.2 Å². The smallest absolute Gasteiger partial charge is 0.303 e. The van der Waals surface area contributed by atoms with Crippen LogP contribution in [0.1, 0.15) is 122 Å². The molecule has 0 spiro atoms. The van der Waals surface area contributed by atoms with Crippen molar-refractivity contribution in [1.29, 1.82) is 0 Å². The van der Waals surface area contributed by atoms with Gasteiger partial charge < -0.3 is 20.1 Å². The molecule has 7 heteroatoms. The molecule has 0 bridgehead atoms. The third-order valence-corrected chi connectivity index (χ3v) is 4.73. The van der Waals surface area contributed by atoms with Crippen molar-refractivity contribution >= 4 is 17.9 Å². The zero-order chi connectivity index (χ0) is 23.6. The first-order valence-corrected chi connectivity index (χ1v) is 12.1. The molecule has 0 radical (unpaired) electrons. The van der Waals surface area contributed by atoms with Gasteiger partial charge in [-0.05, 0) is 19.3 Å². The minimum Gasteiger partial charge on any atom is -0.481 e.